The van der Waals surface area contributed by atoms with Crippen LogP contribution in [0.3, 0.4) is 0 Å². The minimum Gasteiger partial charge on any atom is -0.468 e. The fourth-order valence-corrected chi connectivity index (χ4v) is 2.28. The first-order chi connectivity index (χ1) is 4.84. The standard InChI is InChI=1S/C7H12O2S/c1-9-7(8)6-4-2-3-5-10-6/h6H,2-5H2,1H3/t6-/m0/s1. The van der Waals surface area contributed by atoms with E-state index in [0.29, 0.717) is 0 Å². The molecule has 0 radical (unpaired) electrons. The van der Waals surface area contributed by atoms with Gasteiger partial charge in [-0.05, 0) is 18.6 Å². The summed E-state index contributed by atoms with van der Waals surface area (Å²) in [6, 6.07) is 0. The fourth-order valence-electron chi connectivity index (χ4n) is 1.06. The summed E-state index contributed by atoms with van der Waals surface area (Å²) >= 11 is 1.72. The van der Waals surface area contributed by atoms with E-state index in [0.717, 1.165) is 12.2 Å². The third-order valence-corrected chi connectivity index (χ3v) is 3.00. The van der Waals surface area contributed by atoms with Crippen LogP contribution in [0.15, 0.2) is 0 Å². The lowest BCUT2D eigenvalue weighted by molar-refractivity contribution is -0.140. The van der Waals surface area contributed by atoms with Crippen molar-refractivity contribution in [2.24, 2.45) is 0 Å². The third-order valence-electron chi connectivity index (χ3n) is 1.64. The minimum absolute atomic E-state index is 0.0512. The first-order valence-electron chi connectivity index (χ1n) is 3.54. The molecule has 2 nitrogen and oxygen atoms in total. The van der Waals surface area contributed by atoms with Crippen molar-refractivity contribution in [3.63, 3.8) is 0 Å². The van der Waals surface area contributed by atoms with E-state index in [2.05, 4.69) is 4.74 Å². The summed E-state index contributed by atoms with van der Waals surface area (Å²) in [6.45, 7) is 0. The van der Waals surface area contributed by atoms with Gasteiger partial charge in [0.05, 0.1) is 7.11 Å². The summed E-state index contributed by atoms with van der Waals surface area (Å²) in [6.07, 6.45) is 3.42. The molecule has 0 aromatic rings. The maximum atomic E-state index is 10.9. The summed E-state index contributed by atoms with van der Waals surface area (Å²) in [4.78, 5) is 10.9. The smallest absolute Gasteiger partial charge is 0.318 e. The number of thioether (sulfide) groups is 1. The maximum Gasteiger partial charge on any atom is 0.318 e. The van der Waals surface area contributed by atoms with Gasteiger partial charge in [-0.3, -0.25) is 4.79 Å². The Bertz CT molecular complexity index is 119. The molecule has 0 bridgehead atoms. The largest absolute Gasteiger partial charge is 0.468 e. The lowest BCUT2D eigenvalue weighted by Crippen LogP contribution is -2.21. The molecule has 3 heteroatoms. The van der Waals surface area contributed by atoms with Crippen molar-refractivity contribution in [1.29, 1.82) is 0 Å². The number of esters is 1. The number of ether oxygens (including phenoxy) is 1. The van der Waals surface area contributed by atoms with Crippen LogP contribution in [0.5, 0.6) is 0 Å². The average Bonchev–Trinajstić information content (AvgIpc) is 2.05. The van der Waals surface area contributed by atoms with Crippen LogP contribution < -0.4 is 0 Å². The van der Waals surface area contributed by atoms with E-state index >= 15 is 0 Å². The summed E-state index contributed by atoms with van der Waals surface area (Å²) < 4.78 is 4.63. The van der Waals surface area contributed by atoms with Crippen molar-refractivity contribution < 1.29 is 9.53 Å². The van der Waals surface area contributed by atoms with E-state index in [1.807, 2.05) is 0 Å². The normalized spacial score (nSPS) is 25.9. The van der Waals surface area contributed by atoms with Crippen molar-refractivity contribution in [2.75, 3.05) is 12.9 Å². The highest BCUT2D eigenvalue weighted by molar-refractivity contribution is 8.00. The molecule has 1 heterocycles. The first-order valence-corrected chi connectivity index (χ1v) is 4.59. The number of hydrogen-bond donors (Lipinski definition) is 0. The van der Waals surface area contributed by atoms with E-state index in [-0.39, 0.29) is 11.2 Å². The number of carbonyl (C=O) groups excluding carboxylic acids is 1. The van der Waals surface area contributed by atoms with Gasteiger partial charge in [-0.2, -0.15) is 0 Å². The molecule has 1 rings (SSSR count). The van der Waals surface area contributed by atoms with Gasteiger partial charge >= 0.3 is 5.97 Å². The predicted molar refractivity (Wildman–Crippen MR) is 42.1 cm³/mol. The highest BCUT2D eigenvalue weighted by atomic mass is 32.2. The van der Waals surface area contributed by atoms with Gasteiger partial charge in [0.2, 0.25) is 0 Å². The Morgan fingerprint density at radius 1 is 1.60 bits per heavy atom. The second kappa shape index (κ2) is 3.86. The molecule has 1 atom stereocenters. The quantitative estimate of drug-likeness (QED) is 0.543. The first kappa shape index (κ1) is 7.92. The van der Waals surface area contributed by atoms with Crippen LogP contribution in [-0.2, 0) is 9.53 Å². The van der Waals surface area contributed by atoms with Gasteiger partial charge in [-0.1, -0.05) is 6.42 Å². The number of hydrogen-bond acceptors (Lipinski definition) is 3. The van der Waals surface area contributed by atoms with E-state index in [9.17, 15) is 4.79 Å². The van der Waals surface area contributed by atoms with Crippen LogP contribution in [-0.4, -0.2) is 24.1 Å². The molecule has 10 heavy (non-hydrogen) atoms. The molecule has 0 N–H and O–H groups in total. The second-order valence-corrected chi connectivity index (χ2v) is 3.69. The van der Waals surface area contributed by atoms with Gasteiger partial charge in [0.25, 0.3) is 0 Å². The van der Waals surface area contributed by atoms with Crippen molar-refractivity contribution in [3.8, 4) is 0 Å². The summed E-state index contributed by atoms with van der Waals surface area (Å²) in [5, 5.41) is 0.124. The van der Waals surface area contributed by atoms with Crippen LogP contribution in [0.1, 0.15) is 19.3 Å². The monoisotopic (exact) mass is 160 g/mol. The topological polar surface area (TPSA) is 26.3 Å². The Morgan fingerprint density at radius 3 is 2.90 bits per heavy atom. The van der Waals surface area contributed by atoms with Gasteiger partial charge in [0.1, 0.15) is 5.25 Å². The Morgan fingerprint density at radius 2 is 2.40 bits per heavy atom. The Labute approximate surface area is 65.3 Å². The molecule has 1 saturated heterocycles. The van der Waals surface area contributed by atoms with Crippen molar-refractivity contribution in [3.05, 3.63) is 0 Å². The number of rotatable bonds is 1. The Hall–Kier alpha value is -0.180. The molecule has 0 saturated carbocycles. The van der Waals surface area contributed by atoms with Gasteiger partial charge in [-0.15, -0.1) is 11.8 Å². The van der Waals surface area contributed by atoms with Crippen LogP contribution in [0.2, 0.25) is 0 Å². The molecule has 1 fully saturated rings. The molecule has 0 aliphatic carbocycles. The van der Waals surface area contributed by atoms with Gasteiger partial charge in [0.15, 0.2) is 0 Å². The van der Waals surface area contributed by atoms with E-state index < -0.39 is 0 Å². The van der Waals surface area contributed by atoms with Crippen molar-refractivity contribution in [2.45, 2.75) is 24.5 Å². The summed E-state index contributed by atoms with van der Waals surface area (Å²) in [7, 11) is 1.46. The maximum absolute atomic E-state index is 10.9. The molecular weight excluding hydrogens is 148 g/mol. The van der Waals surface area contributed by atoms with Gasteiger partial charge < -0.3 is 4.74 Å². The Kier molecular flexibility index (Phi) is 3.06. The fraction of sp³-hybridized carbons (Fsp3) is 0.857. The SMILES string of the molecule is COC(=O)[C@@H]1CCCCS1. The minimum atomic E-state index is -0.0512. The van der Waals surface area contributed by atoms with E-state index in [1.165, 1.54) is 20.0 Å². The zero-order chi connectivity index (χ0) is 7.40. The predicted octanol–water partition coefficient (Wildman–Crippen LogP) is 1.45. The summed E-state index contributed by atoms with van der Waals surface area (Å²) in [5.74, 6) is 1.06. The molecule has 58 valence electrons. The molecule has 0 amide bonds. The van der Waals surface area contributed by atoms with Crippen molar-refractivity contribution in [1.82, 2.24) is 0 Å². The molecule has 0 aromatic heterocycles. The zero-order valence-electron chi connectivity index (χ0n) is 6.13. The Balaban J connectivity index is 2.31. The molecule has 1 aliphatic rings. The van der Waals surface area contributed by atoms with Crippen LogP contribution >= 0.6 is 11.8 Å². The van der Waals surface area contributed by atoms with Gasteiger partial charge in [-0.25, -0.2) is 0 Å². The number of methoxy groups -OCH3 is 1. The van der Waals surface area contributed by atoms with Crippen LogP contribution in [0.4, 0.5) is 0 Å². The third kappa shape index (κ3) is 1.90. The highest BCUT2D eigenvalue weighted by Crippen LogP contribution is 2.25. The van der Waals surface area contributed by atoms with Crippen molar-refractivity contribution >= 4 is 17.7 Å². The lowest BCUT2D eigenvalue weighted by atomic mass is 10.2. The zero-order valence-corrected chi connectivity index (χ0v) is 6.95. The molecule has 0 aromatic carbocycles. The second-order valence-electron chi connectivity index (χ2n) is 2.38. The van der Waals surface area contributed by atoms with Crippen LogP contribution in [0, 0.1) is 0 Å². The highest BCUT2D eigenvalue weighted by Gasteiger charge is 2.21. The van der Waals surface area contributed by atoms with E-state index in [4.69, 9.17) is 0 Å². The summed E-state index contributed by atoms with van der Waals surface area (Å²) in [5.41, 5.74) is 0. The molecule has 0 spiro atoms. The number of carbonyl (C=O) groups is 1. The van der Waals surface area contributed by atoms with Crippen LogP contribution in [0.25, 0.3) is 0 Å². The molecule has 1 aliphatic heterocycles. The van der Waals surface area contributed by atoms with Gasteiger partial charge in [0, 0.05) is 0 Å². The molecular formula is C7H12O2S. The lowest BCUT2D eigenvalue weighted by Gasteiger charge is -2.18. The molecule has 0 unspecified atom stereocenters. The average molecular weight is 160 g/mol. The van der Waals surface area contributed by atoms with E-state index in [1.54, 1.807) is 11.8 Å².